The monoisotopic (exact) mass is 540 g/mol. The molecule has 2 aromatic heterocycles. The third-order valence-electron chi connectivity index (χ3n) is 7.07. The van der Waals surface area contributed by atoms with Crippen molar-refractivity contribution in [2.24, 2.45) is 5.92 Å². The molecule has 0 spiro atoms. The average Bonchev–Trinajstić information content (AvgIpc) is 3.63. The number of fused-ring (bicyclic) bond motifs is 1. The number of carbonyl (C=O) groups is 1. The zero-order chi connectivity index (χ0) is 26.6. The van der Waals surface area contributed by atoms with Crippen molar-refractivity contribution in [2.45, 2.75) is 19.4 Å². The van der Waals surface area contributed by atoms with Crippen molar-refractivity contribution >= 4 is 44.8 Å². The van der Waals surface area contributed by atoms with Gasteiger partial charge in [0.2, 0.25) is 17.7 Å². The highest BCUT2D eigenvalue weighted by Crippen LogP contribution is 2.34. The highest BCUT2D eigenvalue weighted by Gasteiger charge is 2.26. The van der Waals surface area contributed by atoms with Crippen LogP contribution in [-0.4, -0.2) is 58.4 Å². The molecule has 4 aromatic rings. The summed E-state index contributed by atoms with van der Waals surface area (Å²) >= 11 is 1.52. The van der Waals surface area contributed by atoms with Crippen molar-refractivity contribution in [2.75, 3.05) is 43.4 Å². The number of thiophene rings is 1. The van der Waals surface area contributed by atoms with Gasteiger partial charge in [0.15, 0.2) is 0 Å². The van der Waals surface area contributed by atoms with Crippen LogP contribution >= 0.6 is 11.3 Å². The molecule has 1 saturated heterocycles. The second kappa shape index (κ2) is 11.5. The van der Waals surface area contributed by atoms with Crippen LogP contribution in [0.25, 0.3) is 10.2 Å². The maximum atomic E-state index is 11.7. The van der Waals surface area contributed by atoms with Gasteiger partial charge < -0.3 is 20.3 Å². The van der Waals surface area contributed by atoms with Gasteiger partial charge in [0.1, 0.15) is 10.4 Å². The van der Waals surface area contributed by atoms with Crippen LogP contribution in [0.3, 0.4) is 0 Å². The molecule has 0 atom stereocenters. The third kappa shape index (κ3) is 6.62. The minimum Gasteiger partial charge on any atom is -0.437 e. The van der Waals surface area contributed by atoms with E-state index >= 15 is 0 Å². The maximum Gasteiger partial charge on any atom is 0.247 e. The van der Waals surface area contributed by atoms with Crippen LogP contribution in [0.4, 0.5) is 17.3 Å². The van der Waals surface area contributed by atoms with Crippen molar-refractivity contribution in [3.05, 3.63) is 78.2 Å². The van der Waals surface area contributed by atoms with Crippen LogP contribution in [0, 0.1) is 5.92 Å². The summed E-state index contributed by atoms with van der Waals surface area (Å²) in [5.41, 5.74) is 3.65. The standard InChI is InChI=1S/C30H32N6O2S/c1-2-27(37)31-24-4-3-5-25(18-24)38-29-28-26(12-17-39-28)33-30(34-29)32-23-10-8-22(9-11-23)20-36-15-13-35(14-16-36)19-21-6-7-21/h2-5,8-12,17-18,21H,1,6-7,13-16,19-20H2,(H,31,37)(H,32,33,34). The number of carbonyl (C=O) groups excluding carboxylic acids is 1. The minimum atomic E-state index is -0.279. The fraction of sp³-hybridized carbons (Fsp3) is 0.300. The molecular weight excluding hydrogens is 508 g/mol. The molecule has 1 amide bonds. The van der Waals surface area contributed by atoms with Crippen molar-refractivity contribution in [1.29, 1.82) is 0 Å². The van der Waals surface area contributed by atoms with E-state index in [1.54, 1.807) is 12.1 Å². The summed E-state index contributed by atoms with van der Waals surface area (Å²) in [6.07, 6.45) is 4.08. The first-order valence-electron chi connectivity index (χ1n) is 13.4. The van der Waals surface area contributed by atoms with Gasteiger partial charge in [-0.05, 0) is 66.1 Å². The Balaban J connectivity index is 1.11. The minimum absolute atomic E-state index is 0.279. The van der Waals surface area contributed by atoms with Gasteiger partial charge in [-0.15, -0.1) is 11.3 Å². The summed E-state index contributed by atoms with van der Waals surface area (Å²) < 4.78 is 7.01. The van der Waals surface area contributed by atoms with E-state index in [0.29, 0.717) is 23.3 Å². The van der Waals surface area contributed by atoms with Crippen molar-refractivity contribution in [3.63, 3.8) is 0 Å². The number of anilines is 3. The number of ether oxygens (including phenoxy) is 1. The lowest BCUT2D eigenvalue weighted by molar-refractivity contribution is -0.111. The summed E-state index contributed by atoms with van der Waals surface area (Å²) in [6.45, 7) is 10.4. The molecule has 0 radical (unpaired) electrons. The largest absolute Gasteiger partial charge is 0.437 e. The zero-order valence-corrected chi connectivity index (χ0v) is 22.6. The van der Waals surface area contributed by atoms with E-state index in [9.17, 15) is 4.79 Å². The van der Waals surface area contributed by atoms with E-state index in [-0.39, 0.29) is 5.91 Å². The first-order chi connectivity index (χ1) is 19.1. The molecule has 9 heteroatoms. The summed E-state index contributed by atoms with van der Waals surface area (Å²) in [5.74, 6) is 2.17. The number of rotatable bonds is 10. The van der Waals surface area contributed by atoms with Gasteiger partial charge >= 0.3 is 0 Å². The van der Waals surface area contributed by atoms with Gasteiger partial charge in [0.05, 0.1) is 5.52 Å². The second-order valence-corrected chi connectivity index (χ2v) is 11.1. The molecule has 2 N–H and O–H groups in total. The Morgan fingerprint density at radius 1 is 1.03 bits per heavy atom. The summed E-state index contributed by atoms with van der Waals surface area (Å²) in [4.78, 5) is 26.2. The lowest BCUT2D eigenvalue weighted by atomic mass is 10.1. The van der Waals surface area contributed by atoms with Gasteiger partial charge in [-0.2, -0.15) is 4.98 Å². The number of piperazine rings is 1. The summed E-state index contributed by atoms with van der Waals surface area (Å²) in [6, 6.07) is 17.6. The number of amides is 1. The zero-order valence-electron chi connectivity index (χ0n) is 21.8. The number of nitrogens with zero attached hydrogens (tertiary/aromatic N) is 4. The first-order valence-corrected chi connectivity index (χ1v) is 14.3. The van der Waals surface area contributed by atoms with E-state index in [1.165, 1.54) is 55.5 Å². The van der Waals surface area contributed by atoms with Crippen LogP contribution in [0.5, 0.6) is 11.6 Å². The molecule has 8 nitrogen and oxygen atoms in total. The highest BCUT2D eigenvalue weighted by molar-refractivity contribution is 7.17. The first kappa shape index (κ1) is 25.5. The van der Waals surface area contributed by atoms with E-state index in [0.717, 1.165) is 41.5 Å². The summed E-state index contributed by atoms with van der Waals surface area (Å²) in [7, 11) is 0. The average molecular weight is 541 g/mol. The topological polar surface area (TPSA) is 82.6 Å². The Kier molecular flexibility index (Phi) is 7.53. The van der Waals surface area contributed by atoms with E-state index in [1.807, 2.05) is 23.6 Å². The predicted molar refractivity (Wildman–Crippen MR) is 157 cm³/mol. The second-order valence-electron chi connectivity index (χ2n) is 10.2. The Morgan fingerprint density at radius 3 is 2.59 bits per heavy atom. The van der Waals surface area contributed by atoms with E-state index < -0.39 is 0 Å². The molecule has 200 valence electrons. The molecule has 1 aliphatic carbocycles. The number of hydrogen-bond donors (Lipinski definition) is 2. The maximum absolute atomic E-state index is 11.7. The van der Waals surface area contributed by atoms with Crippen molar-refractivity contribution in [3.8, 4) is 11.6 Å². The molecule has 39 heavy (non-hydrogen) atoms. The molecule has 6 rings (SSSR count). The van der Waals surface area contributed by atoms with Gasteiger partial charge in [-0.25, -0.2) is 4.98 Å². The third-order valence-corrected chi connectivity index (χ3v) is 7.96. The smallest absolute Gasteiger partial charge is 0.247 e. The lowest BCUT2D eigenvalue weighted by Gasteiger charge is -2.34. The molecule has 0 unspecified atom stereocenters. The fourth-order valence-corrected chi connectivity index (χ4v) is 5.54. The van der Waals surface area contributed by atoms with Gasteiger partial charge in [0.25, 0.3) is 0 Å². The Hall–Kier alpha value is -3.79. The fourth-order valence-electron chi connectivity index (χ4n) is 4.78. The molecule has 2 aromatic carbocycles. The van der Waals surface area contributed by atoms with Gasteiger partial charge in [-0.1, -0.05) is 24.8 Å². The lowest BCUT2D eigenvalue weighted by Crippen LogP contribution is -2.46. The number of aromatic nitrogens is 2. The van der Waals surface area contributed by atoms with Crippen LogP contribution in [0.2, 0.25) is 0 Å². The predicted octanol–water partition coefficient (Wildman–Crippen LogP) is 5.88. The summed E-state index contributed by atoms with van der Waals surface area (Å²) in [5, 5.41) is 8.05. The van der Waals surface area contributed by atoms with Crippen LogP contribution in [0.15, 0.2) is 72.6 Å². The SMILES string of the molecule is C=CC(=O)Nc1cccc(Oc2nc(Nc3ccc(CN4CCN(CC5CC5)CC4)cc3)nc3ccsc23)c1. The molecule has 1 aliphatic heterocycles. The van der Waals surface area contributed by atoms with Crippen molar-refractivity contribution in [1.82, 2.24) is 19.8 Å². The van der Waals surface area contributed by atoms with Crippen molar-refractivity contribution < 1.29 is 9.53 Å². The number of hydrogen-bond acceptors (Lipinski definition) is 8. The highest BCUT2D eigenvalue weighted by atomic mass is 32.1. The molecule has 2 fully saturated rings. The number of nitrogens with one attached hydrogen (secondary N) is 2. The van der Waals surface area contributed by atoms with E-state index in [2.05, 4.69) is 61.2 Å². The normalized spacial score (nSPS) is 16.2. The molecular formula is C30H32N6O2S. The molecule has 1 saturated carbocycles. The molecule has 3 heterocycles. The van der Waals surface area contributed by atoms with Crippen LogP contribution in [-0.2, 0) is 11.3 Å². The van der Waals surface area contributed by atoms with Gasteiger partial charge in [-0.3, -0.25) is 9.69 Å². The molecule has 0 bridgehead atoms. The molecule has 2 aliphatic rings. The van der Waals surface area contributed by atoms with Crippen LogP contribution in [0.1, 0.15) is 18.4 Å². The number of benzene rings is 2. The Morgan fingerprint density at radius 2 is 1.82 bits per heavy atom. The van der Waals surface area contributed by atoms with Gasteiger partial charge in [0, 0.05) is 56.7 Å². The van der Waals surface area contributed by atoms with Crippen LogP contribution < -0.4 is 15.4 Å². The Bertz CT molecular complexity index is 1460. The Labute approximate surface area is 232 Å². The quantitative estimate of drug-likeness (QED) is 0.243. The van der Waals surface area contributed by atoms with E-state index in [4.69, 9.17) is 4.74 Å².